The summed E-state index contributed by atoms with van der Waals surface area (Å²) in [5, 5.41) is 2.91. The van der Waals surface area contributed by atoms with E-state index in [2.05, 4.69) is 22.3 Å². The van der Waals surface area contributed by atoms with Crippen LogP contribution >= 0.6 is 0 Å². The van der Waals surface area contributed by atoms with Crippen molar-refractivity contribution in [2.24, 2.45) is 0 Å². The Balaban J connectivity index is 1.50. The van der Waals surface area contributed by atoms with Crippen LogP contribution in [0.5, 0.6) is 0 Å². The monoisotopic (exact) mass is 416 g/mol. The lowest BCUT2D eigenvalue weighted by Crippen LogP contribution is -2.41. The number of nitrogens with zero attached hydrogens (tertiary/aromatic N) is 3. The topological polar surface area (TPSA) is 67.2 Å². The molecule has 1 N–H and O–H groups in total. The van der Waals surface area contributed by atoms with Gasteiger partial charge in [0.15, 0.2) is 0 Å². The zero-order valence-corrected chi connectivity index (χ0v) is 17.9. The van der Waals surface area contributed by atoms with Crippen molar-refractivity contribution in [3.8, 4) is 0 Å². The SMILES string of the molecule is CCc1nc2c(c(=O)n1CC(=O)NCc1ccccc1)CN(Cc1ccccc1)CC2. The fraction of sp³-hybridized carbons (Fsp3) is 0.320. The molecule has 0 aliphatic carbocycles. The van der Waals surface area contributed by atoms with Crippen LogP contribution in [0.1, 0.15) is 35.1 Å². The van der Waals surface area contributed by atoms with Crippen molar-refractivity contribution < 1.29 is 4.79 Å². The number of carbonyl (C=O) groups is 1. The quantitative estimate of drug-likeness (QED) is 0.643. The minimum atomic E-state index is -0.181. The highest BCUT2D eigenvalue weighted by atomic mass is 16.2. The molecule has 2 heterocycles. The van der Waals surface area contributed by atoms with Gasteiger partial charge in [0.1, 0.15) is 12.4 Å². The third kappa shape index (κ3) is 5.09. The maximum Gasteiger partial charge on any atom is 0.258 e. The van der Waals surface area contributed by atoms with E-state index < -0.39 is 0 Å². The second-order valence-corrected chi connectivity index (χ2v) is 7.91. The van der Waals surface area contributed by atoms with E-state index in [1.807, 2.05) is 55.5 Å². The molecule has 1 aromatic heterocycles. The Labute approximate surface area is 182 Å². The van der Waals surface area contributed by atoms with Crippen molar-refractivity contribution in [3.05, 3.63) is 99.2 Å². The van der Waals surface area contributed by atoms with Gasteiger partial charge in [0.25, 0.3) is 5.56 Å². The summed E-state index contributed by atoms with van der Waals surface area (Å²) in [6.45, 7) is 4.64. The molecule has 0 saturated carbocycles. The summed E-state index contributed by atoms with van der Waals surface area (Å²) in [5.41, 5.74) is 3.76. The molecule has 3 aromatic rings. The minimum absolute atomic E-state index is 0.00615. The van der Waals surface area contributed by atoms with Crippen molar-refractivity contribution in [3.63, 3.8) is 0 Å². The van der Waals surface area contributed by atoms with Crippen molar-refractivity contribution in [1.82, 2.24) is 19.8 Å². The zero-order valence-electron chi connectivity index (χ0n) is 17.9. The van der Waals surface area contributed by atoms with Gasteiger partial charge in [-0.3, -0.25) is 19.1 Å². The Kier molecular flexibility index (Phi) is 6.57. The van der Waals surface area contributed by atoms with Gasteiger partial charge in [-0.2, -0.15) is 0 Å². The molecular weight excluding hydrogens is 388 g/mol. The molecule has 6 nitrogen and oxygen atoms in total. The molecule has 0 spiro atoms. The molecule has 4 rings (SSSR count). The normalized spacial score (nSPS) is 13.6. The summed E-state index contributed by atoms with van der Waals surface area (Å²) in [6.07, 6.45) is 1.37. The number of nitrogens with one attached hydrogen (secondary N) is 1. The molecule has 1 aliphatic rings. The van der Waals surface area contributed by atoms with Gasteiger partial charge in [0.05, 0.1) is 11.3 Å². The molecule has 1 amide bonds. The lowest BCUT2D eigenvalue weighted by atomic mass is 10.1. The largest absolute Gasteiger partial charge is 0.350 e. The predicted octanol–water partition coefficient (Wildman–Crippen LogP) is 2.68. The Morgan fingerprint density at radius 2 is 1.71 bits per heavy atom. The van der Waals surface area contributed by atoms with E-state index in [1.165, 1.54) is 5.56 Å². The molecule has 31 heavy (non-hydrogen) atoms. The highest BCUT2D eigenvalue weighted by molar-refractivity contribution is 5.75. The molecule has 160 valence electrons. The number of hydrogen-bond donors (Lipinski definition) is 1. The maximum atomic E-state index is 13.3. The second kappa shape index (κ2) is 9.71. The third-order valence-corrected chi connectivity index (χ3v) is 5.67. The van der Waals surface area contributed by atoms with Crippen molar-refractivity contribution >= 4 is 5.91 Å². The lowest BCUT2D eigenvalue weighted by Gasteiger charge is -2.28. The molecule has 0 saturated heterocycles. The van der Waals surface area contributed by atoms with E-state index in [9.17, 15) is 9.59 Å². The number of carbonyl (C=O) groups excluding carboxylic acids is 1. The lowest BCUT2D eigenvalue weighted by molar-refractivity contribution is -0.121. The molecule has 0 atom stereocenters. The number of benzene rings is 2. The molecule has 6 heteroatoms. The molecule has 2 aromatic carbocycles. The standard InChI is InChI=1S/C25H28N4O2/c1-2-23-27-22-13-14-28(16-20-11-7-4-8-12-20)17-21(22)25(31)29(23)18-24(30)26-15-19-9-5-3-6-10-19/h3-12H,2,13-18H2,1H3,(H,26,30). The summed E-state index contributed by atoms with van der Waals surface area (Å²) in [4.78, 5) is 32.9. The average molecular weight is 417 g/mol. The molecule has 0 unspecified atom stereocenters. The van der Waals surface area contributed by atoms with Crippen LogP contribution < -0.4 is 10.9 Å². The number of rotatable bonds is 7. The summed E-state index contributed by atoms with van der Waals surface area (Å²) >= 11 is 0. The Morgan fingerprint density at radius 3 is 2.39 bits per heavy atom. The van der Waals surface area contributed by atoms with Gasteiger partial charge >= 0.3 is 0 Å². The van der Waals surface area contributed by atoms with Gasteiger partial charge in [-0.25, -0.2) is 4.98 Å². The van der Waals surface area contributed by atoms with Gasteiger partial charge in [-0.05, 0) is 11.1 Å². The van der Waals surface area contributed by atoms with E-state index >= 15 is 0 Å². The van der Waals surface area contributed by atoms with Crippen LogP contribution in [0.15, 0.2) is 65.5 Å². The average Bonchev–Trinajstić information content (AvgIpc) is 2.81. The number of aromatic nitrogens is 2. The predicted molar refractivity (Wildman–Crippen MR) is 120 cm³/mol. The molecule has 0 radical (unpaired) electrons. The first kappa shape index (κ1) is 21.0. The summed E-state index contributed by atoms with van der Waals surface area (Å²) in [7, 11) is 0. The second-order valence-electron chi connectivity index (χ2n) is 7.91. The van der Waals surface area contributed by atoms with Gasteiger partial charge < -0.3 is 5.32 Å². The number of amides is 1. The number of hydrogen-bond acceptors (Lipinski definition) is 4. The van der Waals surface area contributed by atoms with Crippen LogP contribution in [0.25, 0.3) is 0 Å². The Morgan fingerprint density at radius 1 is 1.03 bits per heavy atom. The summed E-state index contributed by atoms with van der Waals surface area (Å²) in [6, 6.07) is 20.0. The van der Waals surface area contributed by atoms with E-state index in [1.54, 1.807) is 4.57 Å². The summed E-state index contributed by atoms with van der Waals surface area (Å²) < 4.78 is 1.55. The van der Waals surface area contributed by atoms with Crippen LogP contribution in [-0.4, -0.2) is 26.9 Å². The van der Waals surface area contributed by atoms with Crippen LogP contribution in [-0.2, 0) is 43.8 Å². The first-order valence-electron chi connectivity index (χ1n) is 10.8. The van der Waals surface area contributed by atoms with Crippen molar-refractivity contribution in [2.45, 2.75) is 45.9 Å². The van der Waals surface area contributed by atoms with Gasteiger partial charge in [0.2, 0.25) is 5.91 Å². The first-order valence-corrected chi connectivity index (χ1v) is 10.8. The zero-order chi connectivity index (χ0) is 21.6. The highest BCUT2D eigenvalue weighted by Crippen LogP contribution is 2.17. The van der Waals surface area contributed by atoms with Crippen LogP contribution in [0.3, 0.4) is 0 Å². The molecule has 1 aliphatic heterocycles. The van der Waals surface area contributed by atoms with Gasteiger partial charge in [-0.15, -0.1) is 0 Å². The summed E-state index contributed by atoms with van der Waals surface area (Å²) in [5.74, 6) is 0.495. The van der Waals surface area contributed by atoms with E-state index in [0.29, 0.717) is 25.3 Å². The number of fused-ring (bicyclic) bond motifs is 1. The molecule has 0 fully saturated rings. The Bertz CT molecular complexity index is 1090. The molecular formula is C25H28N4O2. The van der Waals surface area contributed by atoms with E-state index in [0.717, 1.165) is 36.3 Å². The Hall–Kier alpha value is -3.25. The van der Waals surface area contributed by atoms with Crippen LogP contribution in [0, 0.1) is 0 Å². The minimum Gasteiger partial charge on any atom is -0.350 e. The smallest absolute Gasteiger partial charge is 0.258 e. The van der Waals surface area contributed by atoms with Gasteiger partial charge in [-0.1, -0.05) is 67.6 Å². The van der Waals surface area contributed by atoms with Crippen molar-refractivity contribution in [1.29, 1.82) is 0 Å². The van der Waals surface area contributed by atoms with Gasteiger partial charge in [0, 0.05) is 39.0 Å². The van der Waals surface area contributed by atoms with E-state index in [-0.39, 0.29) is 18.0 Å². The van der Waals surface area contributed by atoms with Crippen molar-refractivity contribution in [2.75, 3.05) is 6.54 Å². The highest BCUT2D eigenvalue weighted by Gasteiger charge is 2.24. The molecule has 0 bridgehead atoms. The first-order chi connectivity index (χ1) is 15.1. The third-order valence-electron chi connectivity index (χ3n) is 5.67. The fourth-order valence-corrected chi connectivity index (χ4v) is 4.03. The van der Waals surface area contributed by atoms with Crippen LogP contribution in [0.4, 0.5) is 0 Å². The van der Waals surface area contributed by atoms with Crippen LogP contribution in [0.2, 0.25) is 0 Å². The van der Waals surface area contributed by atoms with E-state index in [4.69, 9.17) is 4.98 Å². The number of aryl methyl sites for hydroxylation is 1. The maximum absolute atomic E-state index is 13.3. The fourth-order valence-electron chi connectivity index (χ4n) is 4.03.